The number of thiophene rings is 1. The van der Waals surface area contributed by atoms with Crippen LogP contribution in [0.25, 0.3) is 10.1 Å². The topological polar surface area (TPSA) is 65.9 Å². The van der Waals surface area contributed by atoms with E-state index in [1.165, 1.54) is 22.9 Å². The van der Waals surface area contributed by atoms with Gasteiger partial charge in [0.2, 0.25) is 0 Å². The molecule has 3 rings (SSSR count). The fourth-order valence-electron chi connectivity index (χ4n) is 2.46. The number of ether oxygens (including phenoxy) is 1. The van der Waals surface area contributed by atoms with E-state index in [-0.39, 0.29) is 24.0 Å². The molecule has 7 heteroatoms. The second-order valence-corrected chi connectivity index (χ2v) is 7.22. The van der Waals surface area contributed by atoms with E-state index in [4.69, 9.17) is 4.74 Å². The predicted molar refractivity (Wildman–Crippen MR) is 115 cm³/mol. The number of guanidine groups is 1. The molecule has 1 saturated carbocycles. The molecule has 3 N–H and O–H groups in total. The van der Waals surface area contributed by atoms with Crippen LogP contribution >= 0.6 is 35.3 Å². The van der Waals surface area contributed by atoms with Crippen molar-refractivity contribution in [2.45, 2.75) is 18.9 Å². The molecule has 0 spiro atoms. The minimum atomic E-state index is -0.549. The lowest BCUT2D eigenvalue weighted by Crippen LogP contribution is -2.40. The molecule has 1 aliphatic rings. The Hall–Kier alpha value is -0.900. The van der Waals surface area contributed by atoms with Crippen molar-refractivity contribution < 1.29 is 9.84 Å². The summed E-state index contributed by atoms with van der Waals surface area (Å²) in [6.45, 7) is 2.69. The number of halogens is 1. The first-order chi connectivity index (χ1) is 11.8. The number of hydrogen-bond donors (Lipinski definition) is 3. The molecule has 0 amide bonds. The summed E-state index contributed by atoms with van der Waals surface area (Å²) in [5.41, 5.74) is 0. The first kappa shape index (κ1) is 20.4. The van der Waals surface area contributed by atoms with E-state index in [2.05, 4.69) is 27.8 Å². The largest absolute Gasteiger partial charge is 0.386 e. The Labute approximate surface area is 169 Å². The van der Waals surface area contributed by atoms with Crippen LogP contribution in [0.15, 0.2) is 35.3 Å². The van der Waals surface area contributed by atoms with Gasteiger partial charge in [0, 0.05) is 36.3 Å². The fourth-order valence-corrected chi connectivity index (χ4v) is 3.51. The summed E-state index contributed by atoms with van der Waals surface area (Å²) in [5, 5.41) is 17.9. The Bertz CT molecular complexity index is 655. The summed E-state index contributed by atoms with van der Waals surface area (Å²) in [6, 6.07) is 10.2. The van der Waals surface area contributed by atoms with Crippen molar-refractivity contribution in [1.82, 2.24) is 10.6 Å². The summed E-state index contributed by atoms with van der Waals surface area (Å²) < 4.78 is 6.78. The lowest BCUT2D eigenvalue weighted by Gasteiger charge is -2.14. The highest BCUT2D eigenvalue weighted by Crippen LogP contribution is 2.29. The molecule has 0 bridgehead atoms. The highest BCUT2D eigenvalue weighted by Gasteiger charge is 2.20. The van der Waals surface area contributed by atoms with E-state index in [9.17, 15) is 5.11 Å². The zero-order chi connectivity index (χ0) is 16.8. The van der Waals surface area contributed by atoms with Gasteiger partial charge in [-0.3, -0.25) is 4.99 Å². The molecule has 1 unspecified atom stereocenters. The van der Waals surface area contributed by atoms with E-state index >= 15 is 0 Å². The molecule has 0 radical (unpaired) electrons. The average Bonchev–Trinajstić information content (AvgIpc) is 3.32. The average molecular weight is 475 g/mol. The van der Waals surface area contributed by atoms with Crippen LogP contribution in [-0.4, -0.2) is 44.4 Å². The van der Waals surface area contributed by atoms with Crippen LogP contribution in [0.1, 0.15) is 23.8 Å². The van der Waals surface area contributed by atoms with Crippen LogP contribution in [0.4, 0.5) is 0 Å². The van der Waals surface area contributed by atoms with E-state index in [0.29, 0.717) is 25.7 Å². The number of hydrogen-bond acceptors (Lipinski definition) is 4. The van der Waals surface area contributed by atoms with Crippen molar-refractivity contribution in [3.8, 4) is 0 Å². The lowest BCUT2D eigenvalue weighted by molar-refractivity contribution is 0.129. The number of aliphatic imine (C=N–C) groups is 1. The van der Waals surface area contributed by atoms with Crippen molar-refractivity contribution in [2.75, 3.05) is 33.4 Å². The minimum absolute atomic E-state index is 0. The molecule has 1 aliphatic carbocycles. The number of fused-ring (bicyclic) bond motifs is 1. The molecule has 0 saturated heterocycles. The molecular weight excluding hydrogens is 449 g/mol. The number of aliphatic hydroxyl groups excluding tert-OH is 1. The number of nitrogens with one attached hydrogen (secondary N) is 2. The molecule has 1 atom stereocenters. The van der Waals surface area contributed by atoms with Crippen LogP contribution in [0.2, 0.25) is 0 Å². The maximum Gasteiger partial charge on any atom is 0.191 e. The van der Waals surface area contributed by atoms with Gasteiger partial charge in [0.1, 0.15) is 6.10 Å². The maximum atomic E-state index is 10.4. The number of aliphatic hydroxyl groups is 1. The maximum absolute atomic E-state index is 10.4. The Morgan fingerprint density at radius 1 is 1.36 bits per heavy atom. The molecule has 1 heterocycles. The van der Waals surface area contributed by atoms with Gasteiger partial charge in [-0.15, -0.1) is 35.3 Å². The molecule has 2 aromatic rings. The van der Waals surface area contributed by atoms with E-state index < -0.39 is 6.10 Å². The Morgan fingerprint density at radius 3 is 2.88 bits per heavy atom. The summed E-state index contributed by atoms with van der Waals surface area (Å²) >= 11 is 1.63. The molecule has 1 fully saturated rings. The quantitative estimate of drug-likeness (QED) is 0.238. The van der Waals surface area contributed by atoms with Crippen molar-refractivity contribution in [3.63, 3.8) is 0 Å². The van der Waals surface area contributed by atoms with Crippen molar-refractivity contribution >= 4 is 51.4 Å². The molecule has 25 heavy (non-hydrogen) atoms. The van der Waals surface area contributed by atoms with Crippen LogP contribution in [0.3, 0.4) is 0 Å². The van der Waals surface area contributed by atoms with Crippen LogP contribution in [0.5, 0.6) is 0 Å². The zero-order valence-corrected chi connectivity index (χ0v) is 17.6. The monoisotopic (exact) mass is 475 g/mol. The molecule has 1 aromatic carbocycles. The third kappa shape index (κ3) is 6.40. The van der Waals surface area contributed by atoms with Crippen molar-refractivity contribution in [3.05, 3.63) is 35.2 Å². The standard InChI is InChI=1S/C18H25N3O2S.HI/c1-19-18(20-8-9-23-12-13-6-7-13)21-11-15(22)17-10-14-4-2-3-5-16(14)24-17;/h2-5,10,13,15,22H,6-9,11-12H2,1H3,(H2,19,20,21);1H. The Kier molecular flexibility index (Phi) is 8.41. The Morgan fingerprint density at radius 2 is 2.16 bits per heavy atom. The van der Waals surface area contributed by atoms with E-state index in [1.807, 2.05) is 18.2 Å². The summed E-state index contributed by atoms with van der Waals surface area (Å²) in [5.74, 6) is 1.48. The van der Waals surface area contributed by atoms with Gasteiger partial charge in [0.05, 0.1) is 6.61 Å². The zero-order valence-electron chi connectivity index (χ0n) is 14.4. The normalized spacial score (nSPS) is 15.7. The lowest BCUT2D eigenvalue weighted by atomic mass is 10.2. The first-order valence-electron chi connectivity index (χ1n) is 8.45. The first-order valence-corrected chi connectivity index (χ1v) is 9.26. The van der Waals surface area contributed by atoms with Crippen molar-refractivity contribution in [2.24, 2.45) is 10.9 Å². The van der Waals surface area contributed by atoms with Crippen LogP contribution in [0, 0.1) is 5.92 Å². The van der Waals surface area contributed by atoms with Crippen molar-refractivity contribution in [1.29, 1.82) is 0 Å². The highest BCUT2D eigenvalue weighted by atomic mass is 127. The van der Waals surface area contributed by atoms with Crippen LogP contribution < -0.4 is 10.6 Å². The molecular formula is C18H26IN3O2S. The second kappa shape index (κ2) is 10.3. The van der Waals surface area contributed by atoms with Gasteiger partial charge in [0.25, 0.3) is 0 Å². The third-order valence-corrected chi connectivity index (χ3v) is 5.27. The second-order valence-electron chi connectivity index (χ2n) is 6.10. The van der Waals surface area contributed by atoms with Gasteiger partial charge in [-0.25, -0.2) is 0 Å². The predicted octanol–water partition coefficient (Wildman–Crippen LogP) is 3.14. The molecule has 5 nitrogen and oxygen atoms in total. The van der Waals surface area contributed by atoms with Gasteiger partial charge < -0.3 is 20.5 Å². The molecule has 0 aliphatic heterocycles. The van der Waals surface area contributed by atoms with Gasteiger partial charge >= 0.3 is 0 Å². The summed E-state index contributed by atoms with van der Waals surface area (Å²) in [7, 11) is 1.73. The van der Waals surface area contributed by atoms with Gasteiger partial charge in [-0.2, -0.15) is 0 Å². The minimum Gasteiger partial charge on any atom is -0.386 e. The smallest absolute Gasteiger partial charge is 0.191 e. The van der Waals surface area contributed by atoms with Gasteiger partial charge in [-0.1, -0.05) is 18.2 Å². The number of nitrogens with zero attached hydrogens (tertiary/aromatic N) is 1. The third-order valence-electron chi connectivity index (χ3n) is 4.05. The molecule has 138 valence electrons. The fraction of sp³-hybridized carbons (Fsp3) is 0.500. The van der Waals surface area contributed by atoms with E-state index in [0.717, 1.165) is 17.4 Å². The summed E-state index contributed by atoms with van der Waals surface area (Å²) in [4.78, 5) is 5.14. The van der Waals surface area contributed by atoms with Gasteiger partial charge in [-0.05, 0) is 36.3 Å². The number of benzene rings is 1. The van der Waals surface area contributed by atoms with E-state index in [1.54, 1.807) is 18.4 Å². The SMILES string of the molecule is CN=C(NCCOCC1CC1)NCC(O)c1cc2ccccc2s1.I. The van der Waals surface area contributed by atoms with Crippen LogP contribution in [-0.2, 0) is 4.74 Å². The molecule has 1 aromatic heterocycles. The van der Waals surface area contributed by atoms with Gasteiger partial charge in [0.15, 0.2) is 5.96 Å². The highest BCUT2D eigenvalue weighted by molar-refractivity contribution is 14.0. The Balaban J connectivity index is 0.00000225. The number of rotatable bonds is 8. The summed E-state index contributed by atoms with van der Waals surface area (Å²) in [6.07, 6.45) is 2.07.